The van der Waals surface area contributed by atoms with Crippen molar-refractivity contribution in [1.82, 2.24) is 0 Å². The third-order valence-electron chi connectivity index (χ3n) is 12.9. The van der Waals surface area contributed by atoms with Crippen LogP contribution in [0.5, 0.6) is 23.0 Å². The predicted octanol–water partition coefficient (Wildman–Crippen LogP) is 13.1. The second-order valence-electron chi connectivity index (χ2n) is 16.5. The van der Waals surface area contributed by atoms with Crippen LogP contribution in [0.4, 0.5) is 17.1 Å². The number of allylic oxidation sites excluding steroid dienone is 4. The maximum absolute atomic E-state index is 7.23. The van der Waals surface area contributed by atoms with Crippen molar-refractivity contribution in [3.05, 3.63) is 143 Å². The molecule has 56 heavy (non-hydrogen) atoms. The van der Waals surface area contributed by atoms with E-state index in [1.807, 2.05) is 0 Å². The molecule has 5 aromatic rings. The first-order chi connectivity index (χ1) is 27.4. The van der Waals surface area contributed by atoms with Crippen molar-refractivity contribution >= 4 is 40.3 Å². The van der Waals surface area contributed by atoms with E-state index in [0.29, 0.717) is 11.8 Å². The second kappa shape index (κ2) is 15.4. The molecule has 284 valence electrons. The Bertz CT molecular complexity index is 2330. The largest absolute Gasteiger partial charge is 0.490 e. The van der Waals surface area contributed by atoms with Gasteiger partial charge in [0.15, 0.2) is 0 Å². The minimum absolute atomic E-state index is 0.116. The lowest BCUT2D eigenvalue weighted by atomic mass is 9.30. The number of rotatable bonds is 12. The molecule has 0 aromatic heterocycles. The summed E-state index contributed by atoms with van der Waals surface area (Å²) in [6, 6.07) is 37.7. The monoisotopic (exact) mass is 739 g/mol. The Kier molecular flexibility index (Phi) is 10.0. The number of fused-ring (bicyclic) bond motifs is 5. The highest BCUT2D eigenvalue weighted by molar-refractivity contribution is 6.89. The van der Waals surface area contributed by atoms with E-state index in [0.717, 1.165) is 70.7 Å². The van der Waals surface area contributed by atoms with Crippen LogP contribution in [0.3, 0.4) is 0 Å². The summed E-state index contributed by atoms with van der Waals surface area (Å²) in [7, 11) is 0. The molecule has 1 aliphatic carbocycles. The molecule has 3 heterocycles. The van der Waals surface area contributed by atoms with E-state index in [-0.39, 0.29) is 12.5 Å². The van der Waals surface area contributed by atoms with Gasteiger partial charge in [-0.2, -0.15) is 0 Å². The van der Waals surface area contributed by atoms with Gasteiger partial charge in [-0.05, 0) is 90.5 Å². The van der Waals surface area contributed by atoms with Gasteiger partial charge >= 0.3 is 0 Å². The summed E-state index contributed by atoms with van der Waals surface area (Å²) in [5.41, 5.74) is 13.1. The van der Waals surface area contributed by atoms with E-state index in [4.69, 9.17) is 14.2 Å². The van der Waals surface area contributed by atoms with Crippen LogP contribution in [-0.4, -0.2) is 13.3 Å². The summed E-state index contributed by atoms with van der Waals surface area (Å²) in [5, 5.41) is 0. The third-order valence-corrected chi connectivity index (χ3v) is 12.9. The van der Waals surface area contributed by atoms with E-state index < -0.39 is 0 Å². The first-order valence-electron chi connectivity index (χ1n) is 21.2. The summed E-state index contributed by atoms with van der Waals surface area (Å²) in [6.07, 6.45) is 11.8. The first-order valence-corrected chi connectivity index (χ1v) is 21.2. The first kappa shape index (κ1) is 36.5. The van der Waals surface area contributed by atoms with Crippen LogP contribution in [0.25, 0.3) is 5.57 Å². The van der Waals surface area contributed by atoms with Gasteiger partial charge in [-0.3, -0.25) is 0 Å². The van der Waals surface area contributed by atoms with Crippen LogP contribution < -0.4 is 30.0 Å². The molecule has 4 aliphatic rings. The summed E-state index contributed by atoms with van der Waals surface area (Å²) < 4.78 is 21.0. The standard InChI is InChI=1S/C51H54BNO3/c1-6-8-11-21-38-32-54-51-41(38)22-16-24-45(51)53(44-23-15-14-18-34(44)4)39-30-47-49-48(31-39)56-50-35(5)40(36-19-12-10-13-20-36)26-28-43(50)52(49)42-27-25-37(29-46(42)55-47)33(3)17-9-7-2/h10,12-16,18-20,22-27,29-31,33,38,43H,6-9,11,17,21,28,32H2,1-5H3. The Hall–Kier alpha value is -5.16. The molecule has 0 bridgehead atoms. The van der Waals surface area contributed by atoms with Gasteiger partial charge in [-0.25, -0.2) is 0 Å². The van der Waals surface area contributed by atoms with E-state index in [1.165, 1.54) is 77.4 Å². The second-order valence-corrected chi connectivity index (χ2v) is 16.5. The number of aryl methyl sites for hydroxylation is 1. The molecular weight excluding hydrogens is 685 g/mol. The van der Waals surface area contributed by atoms with Gasteiger partial charge < -0.3 is 19.1 Å². The van der Waals surface area contributed by atoms with E-state index in [1.54, 1.807) is 0 Å². The third kappa shape index (κ3) is 6.43. The number of hydrogen-bond acceptors (Lipinski definition) is 4. The minimum atomic E-state index is 0.116. The number of benzene rings is 5. The van der Waals surface area contributed by atoms with Gasteiger partial charge in [-0.15, -0.1) is 0 Å². The normalized spacial score (nSPS) is 18.1. The number of anilines is 3. The van der Waals surface area contributed by atoms with Gasteiger partial charge in [0.25, 0.3) is 0 Å². The lowest BCUT2D eigenvalue weighted by molar-refractivity contribution is 0.323. The quantitative estimate of drug-likeness (QED) is 0.0942. The van der Waals surface area contributed by atoms with Gasteiger partial charge in [0.2, 0.25) is 6.71 Å². The summed E-state index contributed by atoms with van der Waals surface area (Å²) in [6.45, 7) is 12.2. The van der Waals surface area contributed by atoms with E-state index >= 15 is 0 Å². The summed E-state index contributed by atoms with van der Waals surface area (Å²) >= 11 is 0. The fourth-order valence-electron chi connectivity index (χ4n) is 9.76. The summed E-state index contributed by atoms with van der Waals surface area (Å²) in [5.74, 6) is 5.84. The topological polar surface area (TPSA) is 30.9 Å². The lowest BCUT2D eigenvalue weighted by Crippen LogP contribution is -2.54. The predicted molar refractivity (Wildman–Crippen MR) is 234 cm³/mol. The fraction of sp³-hybridized carbons (Fsp3) is 0.333. The molecule has 0 spiro atoms. The zero-order valence-electron chi connectivity index (χ0n) is 33.7. The van der Waals surface area contributed by atoms with Crippen molar-refractivity contribution in [3.8, 4) is 23.0 Å². The number of ether oxygens (including phenoxy) is 3. The Labute approximate surface area is 334 Å². The van der Waals surface area contributed by atoms with Crippen molar-refractivity contribution in [2.24, 2.45) is 0 Å². The molecule has 9 rings (SSSR count). The number of para-hydroxylation sites is 2. The van der Waals surface area contributed by atoms with Gasteiger partial charge in [0.1, 0.15) is 28.8 Å². The molecule has 0 saturated heterocycles. The molecule has 0 saturated carbocycles. The molecule has 0 N–H and O–H groups in total. The molecule has 0 fully saturated rings. The van der Waals surface area contributed by atoms with E-state index in [2.05, 4.69) is 149 Å². The average molecular weight is 740 g/mol. The van der Waals surface area contributed by atoms with Crippen LogP contribution in [0.2, 0.25) is 5.82 Å². The molecule has 4 nitrogen and oxygen atoms in total. The molecule has 0 radical (unpaired) electrons. The van der Waals surface area contributed by atoms with Crippen LogP contribution in [0.15, 0.2) is 121 Å². The van der Waals surface area contributed by atoms with Crippen molar-refractivity contribution < 1.29 is 14.2 Å². The Morgan fingerprint density at radius 3 is 2.34 bits per heavy atom. The van der Waals surface area contributed by atoms with Crippen LogP contribution in [-0.2, 0) is 0 Å². The van der Waals surface area contributed by atoms with Crippen LogP contribution in [0, 0.1) is 6.92 Å². The molecule has 5 aromatic carbocycles. The Morgan fingerprint density at radius 2 is 1.54 bits per heavy atom. The smallest absolute Gasteiger partial charge is 0.234 e. The molecule has 3 unspecified atom stereocenters. The van der Waals surface area contributed by atoms with Crippen LogP contribution in [0.1, 0.15) is 113 Å². The van der Waals surface area contributed by atoms with Crippen molar-refractivity contribution in [2.45, 2.75) is 104 Å². The van der Waals surface area contributed by atoms with Crippen molar-refractivity contribution in [1.29, 1.82) is 0 Å². The SMILES string of the molecule is CCCCCC1COc2c1cccc2N(c1cc2c3c(c1)Oc1cc(C(C)CCCC)ccc1B3C1CC=C(c3ccccc3)C(C)=C1O2)c1ccccc1C. The van der Waals surface area contributed by atoms with Crippen LogP contribution >= 0.6 is 0 Å². The Balaban J connectivity index is 1.22. The van der Waals surface area contributed by atoms with Gasteiger partial charge in [-0.1, -0.05) is 132 Å². The highest BCUT2D eigenvalue weighted by Crippen LogP contribution is 2.52. The van der Waals surface area contributed by atoms with Gasteiger partial charge in [0.05, 0.1) is 18.0 Å². The molecule has 3 aliphatic heterocycles. The van der Waals surface area contributed by atoms with Crippen molar-refractivity contribution in [3.63, 3.8) is 0 Å². The number of hydrogen-bond donors (Lipinski definition) is 0. The fourth-order valence-corrected chi connectivity index (χ4v) is 9.76. The zero-order chi connectivity index (χ0) is 38.3. The summed E-state index contributed by atoms with van der Waals surface area (Å²) in [4.78, 5) is 2.38. The highest BCUT2D eigenvalue weighted by atomic mass is 16.5. The molecule has 5 heteroatoms. The van der Waals surface area contributed by atoms with E-state index in [9.17, 15) is 0 Å². The molecule has 3 atom stereocenters. The molecule has 0 amide bonds. The Morgan fingerprint density at radius 1 is 0.768 bits per heavy atom. The van der Waals surface area contributed by atoms with Crippen molar-refractivity contribution in [2.75, 3.05) is 11.5 Å². The van der Waals surface area contributed by atoms with Gasteiger partial charge in [0, 0.05) is 40.6 Å². The number of nitrogens with zero attached hydrogens (tertiary/aromatic N) is 1. The maximum Gasteiger partial charge on any atom is 0.234 e. The minimum Gasteiger partial charge on any atom is -0.490 e. The molecular formula is C51H54BNO3. The lowest BCUT2D eigenvalue weighted by Gasteiger charge is -2.41. The average Bonchev–Trinajstić information content (AvgIpc) is 3.64. The maximum atomic E-state index is 7.23. The highest BCUT2D eigenvalue weighted by Gasteiger charge is 2.47. The number of unbranched alkanes of at least 4 members (excludes halogenated alkanes) is 3. The zero-order valence-corrected chi connectivity index (χ0v) is 33.7.